The van der Waals surface area contributed by atoms with Crippen molar-refractivity contribution in [3.8, 4) is 0 Å². The van der Waals surface area contributed by atoms with Gasteiger partial charge in [0.15, 0.2) is 0 Å². The molecule has 0 radical (unpaired) electrons. The lowest BCUT2D eigenvalue weighted by atomic mass is 9.87. The van der Waals surface area contributed by atoms with Crippen LogP contribution in [0.25, 0.3) is 0 Å². The summed E-state index contributed by atoms with van der Waals surface area (Å²) in [5, 5.41) is 2.52. The third-order valence-corrected chi connectivity index (χ3v) is 2.02. The molecule has 0 fully saturated rings. The van der Waals surface area contributed by atoms with Crippen molar-refractivity contribution in [3.05, 3.63) is 29.8 Å². The molecule has 1 aromatic carbocycles. The molecule has 0 heterocycles. The topological polar surface area (TPSA) is 55.1 Å². The average Bonchev–Trinajstić information content (AvgIpc) is 2.02. The van der Waals surface area contributed by atoms with Gasteiger partial charge in [0, 0.05) is 5.69 Å². The Morgan fingerprint density at radius 2 is 1.71 bits per heavy atom. The monoisotopic (exact) mass is 192 g/mol. The maximum atomic E-state index is 10.6. The Morgan fingerprint density at radius 3 is 2.07 bits per heavy atom. The van der Waals surface area contributed by atoms with E-state index in [0.717, 1.165) is 5.69 Å². The first kappa shape index (κ1) is 10.6. The zero-order chi connectivity index (χ0) is 10.8. The minimum atomic E-state index is -0.534. The molecule has 3 N–H and O–H groups in total. The van der Waals surface area contributed by atoms with Gasteiger partial charge in [-0.1, -0.05) is 32.9 Å². The van der Waals surface area contributed by atoms with Crippen LogP contribution >= 0.6 is 0 Å². The summed E-state index contributed by atoms with van der Waals surface area (Å²) in [4.78, 5) is 10.6. The number of hydrogen-bond acceptors (Lipinski definition) is 1. The van der Waals surface area contributed by atoms with E-state index < -0.39 is 6.03 Å². The highest BCUT2D eigenvalue weighted by Crippen LogP contribution is 2.23. The van der Waals surface area contributed by atoms with Crippen molar-refractivity contribution in [2.75, 3.05) is 5.32 Å². The van der Waals surface area contributed by atoms with Crippen molar-refractivity contribution in [1.82, 2.24) is 0 Å². The Labute approximate surface area is 84.3 Å². The summed E-state index contributed by atoms with van der Waals surface area (Å²) in [7, 11) is 0. The van der Waals surface area contributed by atoms with Crippen molar-refractivity contribution >= 4 is 11.7 Å². The molecule has 76 valence electrons. The van der Waals surface area contributed by atoms with Crippen molar-refractivity contribution < 1.29 is 4.79 Å². The second-order valence-corrected chi connectivity index (χ2v) is 4.32. The van der Waals surface area contributed by atoms with Gasteiger partial charge in [-0.15, -0.1) is 0 Å². The van der Waals surface area contributed by atoms with Crippen molar-refractivity contribution in [1.29, 1.82) is 0 Å². The van der Waals surface area contributed by atoms with Crippen molar-refractivity contribution in [2.45, 2.75) is 26.2 Å². The standard InChI is InChI=1S/C11H16N2O/c1-11(2,3)8-4-6-9(7-5-8)13-10(12)14/h4-7H,1-3H3,(H3,12,13,14). The quantitative estimate of drug-likeness (QED) is 0.705. The zero-order valence-corrected chi connectivity index (χ0v) is 8.79. The van der Waals surface area contributed by atoms with E-state index in [1.54, 1.807) is 0 Å². The molecule has 1 aromatic rings. The molecule has 0 saturated heterocycles. The lowest BCUT2D eigenvalue weighted by Gasteiger charge is -2.19. The molecule has 0 bridgehead atoms. The predicted molar refractivity (Wildman–Crippen MR) is 58.3 cm³/mol. The number of nitrogens with two attached hydrogens (primary N) is 1. The minimum absolute atomic E-state index is 0.130. The van der Waals surface area contributed by atoms with Crippen molar-refractivity contribution in [2.24, 2.45) is 5.73 Å². The summed E-state index contributed by atoms with van der Waals surface area (Å²) >= 11 is 0. The number of hydrogen-bond donors (Lipinski definition) is 2. The highest BCUT2D eigenvalue weighted by molar-refractivity contribution is 5.87. The van der Waals surface area contributed by atoms with E-state index in [1.807, 2.05) is 24.3 Å². The molecule has 14 heavy (non-hydrogen) atoms. The summed E-state index contributed by atoms with van der Waals surface area (Å²) in [5.74, 6) is 0. The highest BCUT2D eigenvalue weighted by Gasteiger charge is 2.12. The highest BCUT2D eigenvalue weighted by atomic mass is 16.2. The van der Waals surface area contributed by atoms with Crippen LogP contribution in [-0.4, -0.2) is 6.03 Å². The minimum Gasteiger partial charge on any atom is -0.351 e. The van der Waals surface area contributed by atoms with E-state index >= 15 is 0 Å². The molecule has 1 rings (SSSR count). The predicted octanol–water partition coefficient (Wildman–Crippen LogP) is 2.47. The molecule has 0 aromatic heterocycles. The fourth-order valence-corrected chi connectivity index (χ4v) is 1.20. The fraction of sp³-hybridized carbons (Fsp3) is 0.364. The van der Waals surface area contributed by atoms with Gasteiger partial charge in [-0.25, -0.2) is 4.79 Å². The van der Waals surface area contributed by atoms with Gasteiger partial charge < -0.3 is 11.1 Å². The number of rotatable bonds is 1. The Hall–Kier alpha value is -1.51. The SMILES string of the molecule is CC(C)(C)c1ccc(NC(N)=O)cc1. The number of benzene rings is 1. The number of primary amides is 1. The largest absolute Gasteiger partial charge is 0.351 e. The van der Waals surface area contributed by atoms with Gasteiger partial charge >= 0.3 is 6.03 Å². The molecule has 0 atom stereocenters. The summed E-state index contributed by atoms with van der Waals surface area (Å²) < 4.78 is 0. The lowest BCUT2D eigenvalue weighted by Crippen LogP contribution is -2.19. The smallest absolute Gasteiger partial charge is 0.316 e. The van der Waals surface area contributed by atoms with Crippen LogP contribution in [0.2, 0.25) is 0 Å². The van der Waals surface area contributed by atoms with E-state index in [1.165, 1.54) is 5.56 Å². The van der Waals surface area contributed by atoms with E-state index in [9.17, 15) is 4.79 Å². The van der Waals surface area contributed by atoms with Crippen LogP contribution in [0.1, 0.15) is 26.3 Å². The average molecular weight is 192 g/mol. The molecular weight excluding hydrogens is 176 g/mol. The lowest BCUT2D eigenvalue weighted by molar-refractivity contribution is 0.259. The first-order valence-electron chi connectivity index (χ1n) is 4.56. The van der Waals surface area contributed by atoms with E-state index in [0.29, 0.717) is 0 Å². The van der Waals surface area contributed by atoms with E-state index in [-0.39, 0.29) is 5.41 Å². The number of anilines is 1. The van der Waals surface area contributed by atoms with Crippen LogP contribution in [-0.2, 0) is 5.41 Å². The third kappa shape index (κ3) is 2.76. The number of amides is 2. The van der Waals surface area contributed by atoms with Crippen LogP contribution < -0.4 is 11.1 Å². The van der Waals surface area contributed by atoms with Gasteiger partial charge in [-0.2, -0.15) is 0 Å². The zero-order valence-electron chi connectivity index (χ0n) is 8.79. The number of nitrogens with one attached hydrogen (secondary N) is 1. The number of carbonyl (C=O) groups excluding carboxylic acids is 1. The summed E-state index contributed by atoms with van der Waals surface area (Å²) in [6.07, 6.45) is 0. The number of urea groups is 1. The van der Waals surface area contributed by atoms with Crippen LogP contribution in [0.15, 0.2) is 24.3 Å². The van der Waals surface area contributed by atoms with Gasteiger partial charge in [0.2, 0.25) is 0 Å². The number of carbonyl (C=O) groups is 1. The van der Waals surface area contributed by atoms with E-state index in [4.69, 9.17) is 5.73 Å². The Bertz CT molecular complexity index is 322. The fourth-order valence-electron chi connectivity index (χ4n) is 1.20. The molecule has 2 amide bonds. The molecule has 3 heteroatoms. The molecule has 0 unspecified atom stereocenters. The van der Waals surface area contributed by atoms with Gasteiger partial charge in [-0.3, -0.25) is 0 Å². The van der Waals surface area contributed by atoms with E-state index in [2.05, 4.69) is 26.1 Å². The third-order valence-electron chi connectivity index (χ3n) is 2.02. The maximum absolute atomic E-state index is 10.6. The van der Waals surface area contributed by atoms with Crippen LogP contribution in [0.3, 0.4) is 0 Å². The Balaban J connectivity index is 2.84. The normalized spacial score (nSPS) is 11.1. The van der Waals surface area contributed by atoms with Crippen LogP contribution in [0, 0.1) is 0 Å². The first-order chi connectivity index (χ1) is 6.39. The second kappa shape index (κ2) is 3.70. The van der Waals surface area contributed by atoms with Gasteiger partial charge in [0.1, 0.15) is 0 Å². The van der Waals surface area contributed by atoms with Crippen molar-refractivity contribution in [3.63, 3.8) is 0 Å². The van der Waals surface area contributed by atoms with Crippen LogP contribution in [0.5, 0.6) is 0 Å². The van der Waals surface area contributed by atoms with Crippen LogP contribution in [0.4, 0.5) is 10.5 Å². The van der Waals surface area contributed by atoms with Gasteiger partial charge in [0.25, 0.3) is 0 Å². The summed E-state index contributed by atoms with van der Waals surface area (Å²) in [5.41, 5.74) is 7.08. The van der Waals surface area contributed by atoms with Gasteiger partial charge in [-0.05, 0) is 23.1 Å². The molecule has 0 aliphatic carbocycles. The maximum Gasteiger partial charge on any atom is 0.316 e. The molecule has 0 aliphatic heterocycles. The molecule has 3 nitrogen and oxygen atoms in total. The molecular formula is C11H16N2O. The first-order valence-corrected chi connectivity index (χ1v) is 4.56. The van der Waals surface area contributed by atoms with Gasteiger partial charge in [0.05, 0.1) is 0 Å². The summed E-state index contributed by atoms with van der Waals surface area (Å²) in [6.45, 7) is 6.43. The Kier molecular flexibility index (Phi) is 2.79. The molecule has 0 spiro atoms. The molecule has 0 aliphatic rings. The Morgan fingerprint density at radius 1 is 1.21 bits per heavy atom. The molecule has 0 saturated carbocycles. The summed E-state index contributed by atoms with van der Waals surface area (Å²) in [6, 6.07) is 7.15. The second-order valence-electron chi connectivity index (χ2n) is 4.32.